The average Bonchev–Trinajstić information content (AvgIpc) is 2.85. The molecule has 0 spiro atoms. The maximum Gasteiger partial charge on any atom is 0.233 e. The summed E-state index contributed by atoms with van der Waals surface area (Å²) in [4.78, 5) is 25.6. The number of amides is 2. The van der Waals surface area contributed by atoms with Crippen LogP contribution in [0.25, 0.3) is 0 Å². The van der Waals surface area contributed by atoms with Gasteiger partial charge >= 0.3 is 0 Å². The number of carbonyl (C=O) groups excluding carboxylic acids is 2. The predicted molar refractivity (Wildman–Crippen MR) is 86.3 cm³/mol. The molecule has 0 saturated carbocycles. The minimum Gasteiger partial charge on any atom is -0.387 e. The molecule has 0 aliphatic carbocycles. The van der Waals surface area contributed by atoms with Crippen molar-refractivity contribution in [2.45, 2.75) is 18.9 Å². The fraction of sp³-hybridized carbons (Fsp3) is 0.263. The summed E-state index contributed by atoms with van der Waals surface area (Å²) in [5.74, 6) is -2.00. The van der Waals surface area contributed by atoms with Crippen molar-refractivity contribution in [1.29, 1.82) is 0 Å². The Kier molecular flexibility index (Phi) is 4.90. The highest BCUT2D eigenvalue weighted by molar-refractivity contribution is 6.03. The van der Waals surface area contributed by atoms with E-state index in [1.54, 1.807) is 12.1 Å². The predicted octanol–water partition coefficient (Wildman–Crippen LogP) is 2.62. The van der Waals surface area contributed by atoms with Gasteiger partial charge in [-0.1, -0.05) is 24.3 Å². The van der Waals surface area contributed by atoms with Crippen LogP contribution in [-0.2, 0) is 16.0 Å². The molecule has 2 aromatic rings. The lowest BCUT2D eigenvalue weighted by atomic mass is 9.98. The Morgan fingerprint density at radius 3 is 2.16 bits per heavy atom. The highest BCUT2D eigenvalue weighted by Gasteiger charge is 2.39. The molecule has 1 N–H and O–H groups in total. The maximum absolute atomic E-state index is 13.0. The first-order valence-electron chi connectivity index (χ1n) is 7.96. The topological polar surface area (TPSA) is 57.6 Å². The Hall–Kier alpha value is -2.60. The van der Waals surface area contributed by atoms with E-state index < -0.39 is 17.8 Å². The van der Waals surface area contributed by atoms with E-state index in [0.29, 0.717) is 12.0 Å². The van der Waals surface area contributed by atoms with Crippen molar-refractivity contribution >= 4 is 11.8 Å². The van der Waals surface area contributed by atoms with E-state index in [2.05, 4.69) is 0 Å². The minimum atomic E-state index is -1.07. The van der Waals surface area contributed by atoms with Gasteiger partial charge in [-0.25, -0.2) is 8.78 Å². The molecule has 25 heavy (non-hydrogen) atoms. The van der Waals surface area contributed by atoms with Gasteiger partial charge in [-0.3, -0.25) is 14.5 Å². The molecule has 1 aliphatic rings. The number of halogens is 2. The molecule has 1 aliphatic heterocycles. The van der Waals surface area contributed by atoms with E-state index in [1.807, 2.05) is 0 Å². The number of hydrogen-bond donors (Lipinski definition) is 1. The zero-order chi connectivity index (χ0) is 18.0. The van der Waals surface area contributed by atoms with Gasteiger partial charge in [0.2, 0.25) is 11.8 Å². The number of aliphatic hydroxyl groups is 1. The number of nitrogens with zero attached hydrogens (tertiary/aromatic N) is 1. The number of β-amino-alcohol motifs (C(OH)–C–C–N with tert-alkyl or cyclic N) is 1. The van der Waals surface area contributed by atoms with Crippen LogP contribution in [-0.4, -0.2) is 28.4 Å². The van der Waals surface area contributed by atoms with E-state index in [0.717, 1.165) is 10.5 Å². The molecule has 0 radical (unpaired) electrons. The first-order valence-corrected chi connectivity index (χ1v) is 7.96. The van der Waals surface area contributed by atoms with Gasteiger partial charge in [-0.05, 0) is 41.8 Å². The lowest BCUT2D eigenvalue weighted by Gasteiger charge is -2.19. The van der Waals surface area contributed by atoms with Crippen molar-refractivity contribution < 1.29 is 23.5 Å². The molecular weight excluding hydrogens is 328 g/mol. The fourth-order valence-electron chi connectivity index (χ4n) is 2.97. The molecule has 3 rings (SSSR count). The first-order chi connectivity index (χ1) is 11.9. The summed E-state index contributed by atoms with van der Waals surface area (Å²) in [6, 6.07) is 11.1. The average molecular weight is 345 g/mol. The lowest BCUT2D eigenvalue weighted by molar-refractivity contribution is -0.141. The van der Waals surface area contributed by atoms with Crippen molar-refractivity contribution in [2.75, 3.05) is 6.54 Å². The molecule has 0 aromatic heterocycles. The fourth-order valence-corrected chi connectivity index (χ4v) is 2.97. The van der Waals surface area contributed by atoms with E-state index in [1.165, 1.54) is 36.4 Å². The molecule has 2 atom stereocenters. The second-order valence-electron chi connectivity index (χ2n) is 6.14. The zero-order valence-electron chi connectivity index (χ0n) is 13.4. The molecule has 6 heteroatoms. The Labute approximate surface area is 143 Å². The smallest absolute Gasteiger partial charge is 0.233 e. The summed E-state index contributed by atoms with van der Waals surface area (Å²) in [7, 11) is 0. The van der Waals surface area contributed by atoms with Crippen molar-refractivity contribution in [1.82, 2.24) is 4.90 Å². The molecule has 1 fully saturated rings. The van der Waals surface area contributed by atoms with Gasteiger partial charge in [0.05, 0.1) is 18.6 Å². The number of likely N-dealkylation sites (tertiary alicyclic amines) is 1. The number of benzene rings is 2. The van der Waals surface area contributed by atoms with Gasteiger partial charge < -0.3 is 5.11 Å². The van der Waals surface area contributed by atoms with Gasteiger partial charge in [-0.15, -0.1) is 0 Å². The largest absolute Gasteiger partial charge is 0.387 e. The summed E-state index contributed by atoms with van der Waals surface area (Å²) in [6.07, 6.45) is -0.668. The standard InChI is InChI=1S/C19H17F2NO3/c20-15-5-1-12(2-6-15)9-14-10-18(24)22(19(14)25)11-17(23)13-3-7-16(21)8-4-13/h1-8,14,17,23H,9-11H2. The second kappa shape index (κ2) is 7.11. The van der Waals surface area contributed by atoms with E-state index in [9.17, 15) is 23.5 Å². The second-order valence-corrected chi connectivity index (χ2v) is 6.14. The monoisotopic (exact) mass is 345 g/mol. The summed E-state index contributed by atoms with van der Waals surface area (Å²) >= 11 is 0. The van der Waals surface area contributed by atoms with Crippen LogP contribution < -0.4 is 0 Å². The molecule has 4 nitrogen and oxygen atoms in total. The molecule has 130 valence electrons. The van der Waals surface area contributed by atoms with E-state index >= 15 is 0 Å². The zero-order valence-corrected chi connectivity index (χ0v) is 13.4. The normalized spacial score (nSPS) is 18.7. The van der Waals surface area contributed by atoms with Crippen molar-refractivity contribution in [3.63, 3.8) is 0 Å². The van der Waals surface area contributed by atoms with Gasteiger partial charge in [0.15, 0.2) is 0 Å². The summed E-state index contributed by atoms with van der Waals surface area (Å²) in [5, 5.41) is 10.2. The summed E-state index contributed by atoms with van der Waals surface area (Å²) in [5.41, 5.74) is 1.21. The number of imide groups is 1. The van der Waals surface area contributed by atoms with Gasteiger partial charge in [0, 0.05) is 6.42 Å². The van der Waals surface area contributed by atoms with Gasteiger partial charge in [0.1, 0.15) is 11.6 Å². The molecule has 2 amide bonds. The number of hydrogen-bond acceptors (Lipinski definition) is 3. The van der Waals surface area contributed by atoms with Crippen LogP contribution in [0.2, 0.25) is 0 Å². The molecule has 1 saturated heterocycles. The highest BCUT2D eigenvalue weighted by atomic mass is 19.1. The van der Waals surface area contributed by atoms with Gasteiger partial charge in [-0.2, -0.15) is 0 Å². The molecule has 2 aromatic carbocycles. The third kappa shape index (κ3) is 3.91. The van der Waals surface area contributed by atoms with Crippen LogP contribution in [0.3, 0.4) is 0 Å². The SMILES string of the molecule is O=C1CC(Cc2ccc(F)cc2)C(=O)N1CC(O)c1ccc(F)cc1. The van der Waals surface area contributed by atoms with Gasteiger partial charge in [0.25, 0.3) is 0 Å². The first kappa shape index (κ1) is 17.2. The van der Waals surface area contributed by atoms with Crippen LogP contribution in [0.4, 0.5) is 8.78 Å². The summed E-state index contributed by atoms with van der Waals surface area (Å²) < 4.78 is 25.9. The number of rotatable bonds is 5. The number of aliphatic hydroxyl groups excluding tert-OH is 1. The van der Waals surface area contributed by atoms with Crippen molar-refractivity contribution in [3.8, 4) is 0 Å². The van der Waals surface area contributed by atoms with Crippen LogP contribution >= 0.6 is 0 Å². The molecule has 1 heterocycles. The Morgan fingerprint density at radius 2 is 1.56 bits per heavy atom. The van der Waals surface area contributed by atoms with Crippen LogP contribution in [0, 0.1) is 17.6 Å². The third-order valence-corrected chi connectivity index (χ3v) is 4.34. The Morgan fingerprint density at radius 1 is 1.00 bits per heavy atom. The maximum atomic E-state index is 13.0. The van der Waals surface area contributed by atoms with Crippen molar-refractivity contribution in [2.24, 2.45) is 5.92 Å². The lowest BCUT2D eigenvalue weighted by Crippen LogP contribution is -2.34. The van der Waals surface area contributed by atoms with E-state index in [4.69, 9.17) is 0 Å². The van der Waals surface area contributed by atoms with Crippen LogP contribution in [0.5, 0.6) is 0 Å². The molecule has 2 unspecified atom stereocenters. The van der Waals surface area contributed by atoms with E-state index in [-0.39, 0.29) is 30.6 Å². The minimum absolute atomic E-state index is 0.0619. The van der Waals surface area contributed by atoms with Crippen LogP contribution in [0.15, 0.2) is 48.5 Å². The van der Waals surface area contributed by atoms with Crippen molar-refractivity contribution in [3.05, 3.63) is 71.3 Å². The Balaban J connectivity index is 1.66. The molecular formula is C19H17F2NO3. The third-order valence-electron chi connectivity index (χ3n) is 4.34. The number of carbonyl (C=O) groups is 2. The summed E-state index contributed by atoms with van der Waals surface area (Å²) in [6.45, 7) is -0.163. The quantitative estimate of drug-likeness (QED) is 0.848. The van der Waals surface area contributed by atoms with Crippen LogP contribution in [0.1, 0.15) is 23.7 Å². The Bertz CT molecular complexity index is 774. The molecule has 0 bridgehead atoms. The highest BCUT2D eigenvalue weighted by Crippen LogP contribution is 2.26.